The highest BCUT2D eigenvalue weighted by atomic mass is 32.2. The van der Waals surface area contributed by atoms with Crippen molar-refractivity contribution < 1.29 is 13.2 Å². The van der Waals surface area contributed by atoms with Gasteiger partial charge in [-0.25, -0.2) is 13.1 Å². The Morgan fingerprint density at radius 2 is 1.83 bits per heavy atom. The van der Waals surface area contributed by atoms with Crippen molar-refractivity contribution in [1.29, 1.82) is 0 Å². The Bertz CT molecular complexity index is 1050. The normalized spacial score (nSPS) is 19.8. The van der Waals surface area contributed by atoms with Gasteiger partial charge < -0.3 is 9.30 Å². The van der Waals surface area contributed by atoms with E-state index < -0.39 is 10.0 Å². The molecule has 3 aromatic rings. The van der Waals surface area contributed by atoms with E-state index >= 15 is 0 Å². The molecule has 1 heterocycles. The fraction of sp³-hybridized carbons (Fsp3) is 0.333. The van der Waals surface area contributed by atoms with Crippen LogP contribution in [0, 0.1) is 0 Å². The van der Waals surface area contributed by atoms with Crippen molar-refractivity contribution in [3.63, 3.8) is 0 Å². The molecule has 1 fully saturated rings. The molecule has 152 valence electrons. The van der Waals surface area contributed by atoms with E-state index in [2.05, 4.69) is 14.9 Å². The predicted octanol–water partition coefficient (Wildman–Crippen LogP) is 3.42. The quantitative estimate of drug-likeness (QED) is 0.670. The van der Waals surface area contributed by atoms with E-state index in [1.54, 1.807) is 38.0 Å². The third-order valence-electron chi connectivity index (χ3n) is 5.39. The number of sulfonamides is 1. The summed E-state index contributed by atoms with van der Waals surface area (Å²) in [5.74, 6) is 0.532. The van der Waals surface area contributed by atoms with Gasteiger partial charge in [0.05, 0.1) is 12.0 Å². The summed E-state index contributed by atoms with van der Waals surface area (Å²) in [6.07, 6.45) is 6.86. The number of nitrogens with one attached hydrogen (secondary N) is 1. The number of aromatic nitrogens is 3. The minimum atomic E-state index is -3.65. The van der Waals surface area contributed by atoms with Gasteiger partial charge in [0.2, 0.25) is 10.0 Å². The maximum atomic E-state index is 13.0. The van der Waals surface area contributed by atoms with Crippen molar-refractivity contribution in [1.82, 2.24) is 19.5 Å². The molecule has 2 aromatic carbocycles. The van der Waals surface area contributed by atoms with Gasteiger partial charge in [-0.15, -0.1) is 10.2 Å². The Hall–Kier alpha value is -2.71. The van der Waals surface area contributed by atoms with Crippen molar-refractivity contribution in [2.24, 2.45) is 0 Å². The van der Waals surface area contributed by atoms with Gasteiger partial charge in [-0.05, 0) is 43.4 Å². The number of ether oxygens (including phenoxy) is 1. The van der Waals surface area contributed by atoms with Gasteiger partial charge in [0.1, 0.15) is 18.4 Å². The van der Waals surface area contributed by atoms with Gasteiger partial charge in [-0.2, -0.15) is 0 Å². The second kappa shape index (κ2) is 8.34. The Morgan fingerprint density at radius 1 is 1.07 bits per heavy atom. The maximum Gasteiger partial charge on any atom is 0.240 e. The molecule has 8 heteroatoms. The van der Waals surface area contributed by atoms with Crippen LogP contribution in [0.15, 0.2) is 66.1 Å². The van der Waals surface area contributed by atoms with E-state index in [1.165, 1.54) is 0 Å². The molecule has 0 unspecified atom stereocenters. The van der Waals surface area contributed by atoms with Crippen LogP contribution in [0.3, 0.4) is 0 Å². The maximum absolute atomic E-state index is 13.0. The van der Waals surface area contributed by atoms with Crippen molar-refractivity contribution in [3.8, 4) is 16.9 Å². The second-order valence-corrected chi connectivity index (χ2v) is 8.99. The van der Waals surface area contributed by atoms with Crippen molar-refractivity contribution >= 4 is 10.0 Å². The van der Waals surface area contributed by atoms with Gasteiger partial charge in [0, 0.05) is 23.7 Å². The summed E-state index contributed by atoms with van der Waals surface area (Å²) in [5.41, 5.74) is 1.84. The minimum absolute atomic E-state index is 0.124. The first-order valence-corrected chi connectivity index (χ1v) is 11.1. The van der Waals surface area contributed by atoms with Gasteiger partial charge in [-0.1, -0.05) is 30.3 Å². The fourth-order valence-corrected chi connectivity index (χ4v) is 5.22. The Kier molecular flexibility index (Phi) is 5.64. The third-order valence-corrected chi connectivity index (χ3v) is 6.91. The molecule has 1 N–H and O–H groups in total. The first kappa shape index (κ1) is 19.6. The van der Waals surface area contributed by atoms with Crippen LogP contribution in [0.5, 0.6) is 5.75 Å². The van der Waals surface area contributed by atoms with E-state index in [0.29, 0.717) is 5.75 Å². The fourth-order valence-electron chi connectivity index (χ4n) is 3.92. The number of methoxy groups -OCH3 is 1. The number of hydrogen-bond acceptors (Lipinski definition) is 5. The highest BCUT2D eigenvalue weighted by Gasteiger charge is 2.28. The number of rotatable bonds is 6. The molecule has 2 atom stereocenters. The molecule has 0 aliphatic heterocycles. The van der Waals surface area contributed by atoms with Gasteiger partial charge in [-0.3, -0.25) is 0 Å². The molecule has 1 aliphatic carbocycles. The van der Waals surface area contributed by atoms with Crippen molar-refractivity contribution in [2.75, 3.05) is 7.11 Å². The number of hydrogen-bond donors (Lipinski definition) is 1. The lowest BCUT2D eigenvalue weighted by Crippen LogP contribution is -2.38. The summed E-state index contributed by atoms with van der Waals surface area (Å²) in [6, 6.07) is 14.9. The molecule has 4 rings (SSSR count). The average Bonchev–Trinajstić information content (AvgIpc) is 3.29. The zero-order valence-corrected chi connectivity index (χ0v) is 17.0. The Balaban J connectivity index is 1.54. The van der Waals surface area contributed by atoms with Gasteiger partial charge in [0.15, 0.2) is 0 Å². The van der Waals surface area contributed by atoms with Crippen LogP contribution >= 0.6 is 0 Å². The molecule has 0 amide bonds. The number of benzene rings is 2. The lowest BCUT2D eigenvalue weighted by atomic mass is 9.91. The summed E-state index contributed by atoms with van der Waals surface area (Å²) in [4.78, 5) is 0.209. The SMILES string of the molecule is COc1cc(S(=O)(=O)N[C@H]2CCC[C@@H](n3cnnc3)C2)ccc1-c1ccccc1. The molecule has 0 saturated heterocycles. The molecule has 0 spiro atoms. The summed E-state index contributed by atoms with van der Waals surface area (Å²) in [7, 11) is -2.10. The largest absolute Gasteiger partial charge is 0.496 e. The monoisotopic (exact) mass is 412 g/mol. The topological polar surface area (TPSA) is 86.1 Å². The zero-order valence-electron chi connectivity index (χ0n) is 16.2. The molecule has 29 heavy (non-hydrogen) atoms. The van der Waals surface area contributed by atoms with Crippen molar-refractivity contribution in [3.05, 3.63) is 61.2 Å². The molecule has 0 bridgehead atoms. The highest BCUT2D eigenvalue weighted by molar-refractivity contribution is 7.89. The predicted molar refractivity (Wildman–Crippen MR) is 110 cm³/mol. The highest BCUT2D eigenvalue weighted by Crippen LogP contribution is 2.33. The van der Waals surface area contributed by atoms with E-state index in [9.17, 15) is 8.42 Å². The molecule has 1 aromatic heterocycles. The number of nitrogens with zero attached hydrogens (tertiary/aromatic N) is 3. The van der Waals surface area contributed by atoms with Crippen LogP contribution in [0.4, 0.5) is 0 Å². The van der Waals surface area contributed by atoms with E-state index in [1.807, 2.05) is 34.9 Å². The summed E-state index contributed by atoms with van der Waals surface area (Å²) < 4.78 is 36.3. The zero-order chi connectivity index (χ0) is 20.3. The summed E-state index contributed by atoms with van der Waals surface area (Å²) in [6.45, 7) is 0. The average molecular weight is 413 g/mol. The van der Waals surface area contributed by atoms with Crippen LogP contribution in [-0.4, -0.2) is 36.3 Å². The van der Waals surface area contributed by atoms with Crippen LogP contribution in [0.1, 0.15) is 31.7 Å². The Morgan fingerprint density at radius 3 is 2.55 bits per heavy atom. The third kappa shape index (κ3) is 4.33. The lowest BCUT2D eigenvalue weighted by Gasteiger charge is -2.30. The summed E-state index contributed by atoms with van der Waals surface area (Å²) >= 11 is 0. The first-order valence-electron chi connectivity index (χ1n) is 9.67. The molecule has 1 aliphatic rings. The molecule has 1 saturated carbocycles. The molecule has 7 nitrogen and oxygen atoms in total. The van der Waals surface area contributed by atoms with Crippen LogP contribution < -0.4 is 9.46 Å². The van der Waals surface area contributed by atoms with Crippen LogP contribution in [-0.2, 0) is 10.0 Å². The smallest absolute Gasteiger partial charge is 0.240 e. The molecular weight excluding hydrogens is 388 g/mol. The van der Waals surface area contributed by atoms with Gasteiger partial charge >= 0.3 is 0 Å². The molecular formula is C21H24N4O3S. The molecule has 0 radical (unpaired) electrons. The van der Waals surface area contributed by atoms with Crippen molar-refractivity contribution in [2.45, 2.75) is 42.7 Å². The standard InChI is InChI=1S/C21H24N4O3S/c1-28-21-13-19(10-11-20(21)16-6-3-2-4-7-16)29(26,27)24-17-8-5-9-18(12-17)25-14-22-23-15-25/h2-4,6-7,10-11,13-15,17-18,24H,5,8-9,12H2,1H3/t17-,18+/m0/s1. The first-order chi connectivity index (χ1) is 14.1. The van der Waals surface area contributed by atoms with E-state index in [0.717, 1.165) is 36.8 Å². The van der Waals surface area contributed by atoms with Crippen LogP contribution in [0.25, 0.3) is 11.1 Å². The van der Waals surface area contributed by atoms with E-state index in [4.69, 9.17) is 4.74 Å². The summed E-state index contributed by atoms with van der Waals surface area (Å²) in [5, 5.41) is 7.71. The minimum Gasteiger partial charge on any atom is -0.496 e. The van der Waals surface area contributed by atoms with Crippen LogP contribution in [0.2, 0.25) is 0 Å². The lowest BCUT2D eigenvalue weighted by molar-refractivity contribution is 0.305. The van der Waals surface area contributed by atoms with Gasteiger partial charge in [0.25, 0.3) is 0 Å². The Labute approximate surface area is 170 Å². The van der Waals surface area contributed by atoms with E-state index in [-0.39, 0.29) is 17.0 Å². The second-order valence-electron chi connectivity index (χ2n) is 7.28.